The van der Waals surface area contributed by atoms with E-state index in [0.29, 0.717) is 158 Å². The third-order valence-electron chi connectivity index (χ3n) is 24.6. The van der Waals surface area contributed by atoms with Gasteiger partial charge < -0.3 is 72.2 Å². The van der Waals surface area contributed by atoms with Gasteiger partial charge >= 0.3 is 0 Å². The molecule has 0 saturated heterocycles. The number of ketones is 4. The SMILES string of the molecule is CC(=O)O.CCC(=O)C(CC1CCC(C#N)CC1)NC(=O)c1ccc(OC(C)C)c(Cl)c1.CCC(=O)C(CC1CCC(C(=N)OC)CC1)NC(=O)c1ccc(OC(C)C)c(Cl)c1.CCC(=O)C(CC1CCC(C(N)=O)CC1)NC(=O)c1ccc(OC(C)C)c(Cl)c1.CCC(=O)C(CC1CCC(c2nc3ccccc3[nH]2)CC1)NC(=O)c1ccc(OC(C)C)c(Cl)c1.Clc1nc(Cl)nc(Cl)n1.Nc1ccccc1N. The van der Waals surface area contributed by atoms with Crippen LogP contribution >= 0.6 is 81.2 Å². The van der Waals surface area contributed by atoms with E-state index in [1.165, 1.54) is 7.11 Å². The molecule has 30 nitrogen and oxygen atoms in total. The highest BCUT2D eigenvalue weighted by Crippen LogP contribution is 2.40. The second-order valence-electron chi connectivity index (χ2n) is 37.0. The van der Waals surface area contributed by atoms with Gasteiger partial charge in [0.15, 0.2) is 29.0 Å². The Hall–Kier alpha value is -10.9. The van der Waals surface area contributed by atoms with Crippen LogP contribution in [-0.2, 0) is 33.5 Å². The Balaban J connectivity index is 0.000000273. The minimum atomic E-state index is -0.833. The molecule has 4 saturated carbocycles. The number of methoxy groups -OCH3 is 1. The number of nitriles is 1. The van der Waals surface area contributed by atoms with Crippen LogP contribution in [0.4, 0.5) is 11.4 Å². The van der Waals surface area contributed by atoms with E-state index in [9.17, 15) is 43.2 Å². The number of nitrogens with one attached hydrogen (secondary N) is 6. The number of ether oxygens (including phenoxy) is 5. The number of nitrogen functional groups attached to an aromatic ring is 2. The molecule has 4 atom stereocenters. The highest BCUT2D eigenvalue weighted by Gasteiger charge is 2.35. The third kappa shape index (κ3) is 42.4. The molecule has 4 fully saturated rings. The summed E-state index contributed by atoms with van der Waals surface area (Å²) in [6, 6.07) is 35.3. The molecule has 12 rings (SSSR count). The molecular weight excluding hydrogens is 1970 g/mol. The number of imidazole rings is 1. The molecule has 0 spiro atoms. The maximum atomic E-state index is 12.9. The first-order chi connectivity index (χ1) is 67.8. The lowest BCUT2D eigenvalue weighted by Gasteiger charge is -2.30. The number of Topliss-reactive ketones (excluding diaryl/α,β-unsaturated/α-hetero) is 4. The van der Waals surface area contributed by atoms with Crippen molar-refractivity contribution in [2.75, 3.05) is 18.6 Å². The summed E-state index contributed by atoms with van der Waals surface area (Å²) in [5.74, 6) is 3.31. The number of rotatable bonds is 35. The Morgan fingerprint density at radius 3 is 0.951 bits per heavy atom. The number of fused-ring (bicyclic) bond motifs is 1. The summed E-state index contributed by atoms with van der Waals surface area (Å²) in [5.41, 5.74) is 21.2. The van der Waals surface area contributed by atoms with Crippen LogP contribution in [0.15, 0.2) is 121 Å². The normalized spacial score (nSPS) is 18.2. The number of hydrogen-bond acceptors (Lipinski definition) is 23. The molecule has 0 radical (unpaired) electrons. The molecule has 143 heavy (non-hydrogen) atoms. The molecule has 13 N–H and O–H groups in total. The minimum absolute atomic E-state index is 0.000000000000000444. The summed E-state index contributed by atoms with van der Waals surface area (Å²) in [6.07, 6.45) is 18.3. The first-order valence-corrected chi connectivity index (χ1v) is 51.5. The third-order valence-corrected chi connectivity index (χ3v) is 26.3. The first kappa shape index (κ1) is 121. The quantitative estimate of drug-likeness (QED) is 0.0100. The molecule has 778 valence electrons. The van der Waals surface area contributed by atoms with Crippen molar-refractivity contribution in [3.63, 3.8) is 0 Å². The number of benzene rings is 6. The summed E-state index contributed by atoms with van der Waals surface area (Å²) < 4.78 is 27.5. The Labute approximate surface area is 874 Å². The highest BCUT2D eigenvalue weighted by atomic mass is 35.5. The van der Waals surface area contributed by atoms with Crippen molar-refractivity contribution in [2.45, 2.75) is 299 Å². The Kier molecular flexibility index (Phi) is 52.4. The largest absolute Gasteiger partial charge is 0.489 e. The van der Waals surface area contributed by atoms with Gasteiger partial charge in [0.25, 0.3) is 29.6 Å². The lowest BCUT2D eigenvalue weighted by atomic mass is 9.78. The molecule has 2 heterocycles. The number of anilines is 2. The van der Waals surface area contributed by atoms with E-state index in [-0.39, 0.29) is 117 Å². The van der Waals surface area contributed by atoms with Gasteiger partial charge in [-0.3, -0.25) is 53.4 Å². The molecule has 4 aliphatic rings. The summed E-state index contributed by atoms with van der Waals surface area (Å²) in [4.78, 5) is 140. The number of amides is 5. The number of nitrogens with zero attached hydrogens (tertiary/aromatic N) is 5. The van der Waals surface area contributed by atoms with E-state index >= 15 is 0 Å². The van der Waals surface area contributed by atoms with Crippen LogP contribution in [-0.4, -0.2) is 150 Å². The predicted octanol–water partition coefficient (Wildman–Crippen LogP) is 23.1. The van der Waals surface area contributed by atoms with Crippen LogP contribution in [0.2, 0.25) is 35.9 Å². The first-order valence-electron chi connectivity index (χ1n) is 48.8. The number of nitrogens with two attached hydrogens (primary N) is 3. The number of aromatic nitrogens is 5. The summed E-state index contributed by atoms with van der Waals surface area (Å²) in [7, 11) is 1.54. The number of carboxylic acid groups (broad SMARTS) is 1. The lowest BCUT2D eigenvalue weighted by Crippen LogP contribution is -2.42. The Morgan fingerprint density at radius 1 is 0.427 bits per heavy atom. The molecule has 8 aromatic rings. The van der Waals surface area contributed by atoms with Crippen LogP contribution in [0, 0.1) is 58.2 Å². The van der Waals surface area contributed by atoms with Crippen LogP contribution in [0.1, 0.15) is 297 Å². The van der Waals surface area contributed by atoms with E-state index < -0.39 is 30.1 Å². The number of H-pyrrole nitrogens is 1. The fourth-order valence-electron chi connectivity index (χ4n) is 17.0. The van der Waals surface area contributed by atoms with E-state index in [1.54, 1.807) is 91.9 Å². The van der Waals surface area contributed by atoms with Gasteiger partial charge in [0.2, 0.25) is 21.8 Å². The standard InChI is InChI=1S/C28H34ClN3O3.C23H33ClN2O4.C22H31ClN2O4.C22H29ClN2O3.C6H8N2.C3Cl3N3.C2H4O2/c1-4-25(33)24(32-28(34)20-13-14-26(21(29)16-20)35-17(2)3)15-18-9-11-19(12-10-18)27-30-22-7-5-6-8-23(22)31-27;1-5-20(27)19(12-15-6-8-16(9-7-15)22(25)29-4)26-23(28)17-10-11-21(18(24)13-17)30-14(2)3;1-4-19(26)18(11-14-5-7-15(8-6-14)21(24)27)25-22(28)16-9-10-20(17(23)12-16)29-13(2)3;1-4-20(26)19(11-15-5-7-16(13-24)8-6-15)25-22(27)17-9-10-21(18(23)12-17)28-14(2)3;7-5-3-1-2-4-6(5)8;4-1-7-2(5)9-3(6)8-1;1-2(3)4/h5-8,13-14,16-19,24H,4,9-12,15H2,1-3H3,(H,30,31)(H,32,34);10-11,13-16,19,25H,5-9,12H2,1-4H3,(H,26,28);9-10,12-15,18H,4-8,11H2,1-3H3,(H2,24,27)(H,25,28);9-10,12,14-16,19H,4-8,11H2,1-3H3,(H,25,27);1-4H,7-8H2;;1H3,(H,3,4). The zero-order valence-corrected chi connectivity index (χ0v) is 89.2. The molecule has 37 heteroatoms. The number of carbonyl (C=O) groups is 10. The van der Waals surface area contributed by atoms with Crippen LogP contribution in [0.25, 0.3) is 11.0 Å². The molecular formula is C106H139Cl7N14O16. The van der Waals surface area contributed by atoms with Crippen molar-refractivity contribution in [3.8, 4) is 29.1 Å². The number of aromatic amines is 1. The summed E-state index contributed by atoms with van der Waals surface area (Å²) >= 11 is 41.0. The van der Waals surface area contributed by atoms with Gasteiger partial charge in [0.1, 0.15) is 28.8 Å². The smallest absolute Gasteiger partial charge is 0.300 e. The maximum Gasteiger partial charge on any atom is 0.300 e. The van der Waals surface area contributed by atoms with Crippen molar-refractivity contribution >= 4 is 168 Å². The Bertz CT molecular complexity index is 5450. The zero-order valence-electron chi connectivity index (χ0n) is 83.9. The summed E-state index contributed by atoms with van der Waals surface area (Å²) in [5, 5.41) is 37.4. The van der Waals surface area contributed by atoms with Crippen molar-refractivity contribution in [1.82, 2.24) is 46.2 Å². The topological polar surface area (TPSA) is 478 Å². The number of carboxylic acids is 1. The van der Waals surface area contributed by atoms with Crippen molar-refractivity contribution in [1.29, 1.82) is 10.7 Å². The summed E-state index contributed by atoms with van der Waals surface area (Å²) in [6.45, 7) is 23.6. The predicted molar refractivity (Wildman–Crippen MR) is 564 cm³/mol. The second-order valence-corrected chi connectivity index (χ2v) is 39.6. The van der Waals surface area contributed by atoms with Gasteiger partial charge in [-0.1, -0.05) is 98.4 Å². The minimum Gasteiger partial charge on any atom is -0.489 e. The van der Waals surface area contributed by atoms with Crippen molar-refractivity contribution in [2.24, 2.45) is 47.2 Å². The number of primary amides is 1. The molecule has 0 aliphatic heterocycles. The molecule has 0 bridgehead atoms. The molecule has 5 amide bonds. The van der Waals surface area contributed by atoms with Gasteiger partial charge in [-0.25, -0.2) is 4.98 Å². The fourth-order valence-corrected chi connectivity index (χ4v) is 18.5. The molecule has 6 aromatic carbocycles. The highest BCUT2D eigenvalue weighted by molar-refractivity contribution is 6.34. The van der Waals surface area contributed by atoms with E-state index in [4.69, 9.17) is 148 Å². The number of halogens is 7. The van der Waals surface area contributed by atoms with Gasteiger partial charge in [-0.2, -0.15) is 20.2 Å². The van der Waals surface area contributed by atoms with Gasteiger partial charge in [-0.05, 0) is 339 Å². The average Bonchev–Trinajstić information content (AvgIpc) is 1.69. The fraction of sp³-hybridized carbons (Fsp3) is 0.509. The number of hydrogen-bond donors (Lipinski definition) is 10. The maximum absolute atomic E-state index is 12.9. The average molecular weight is 2110 g/mol. The van der Waals surface area contributed by atoms with Gasteiger partial charge in [-0.15, -0.1) is 0 Å². The Morgan fingerprint density at radius 2 is 0.699 bits per heavy atom. The van der Waals surface area contributed by atoms with Gasteiger partial charge in [0.05, 0.1) is 104 Å². The molecule has 4 unspecified atom stereocenters. The van der Waals surface area contributed by atoms with E-state index in [2.05, 4.69) is 53.3 Å². The molecule has 2 aromatic heterocycles. The number of para-hydroxylation sites is 4. The van der Waals surface area contributed by atoms with Crippen LogP contribution < -0.4 is 57.4 Å². The van der Waals surface area contributed by atoms with E-state index in [1.807, 2.05) is 106 Å². The lowest BCUT2D eigenvalue weighted by molar-refractivity contribution is -0.134. The van der Waals surface area contributed by atoms with Crippen molar-refractivity contribution < 1.29 is 76.7 Å². The van der Waals surface area contributed by atoms with Gasteiger partial charge in [0, 0.05) is 78.5 Å². The molecule has 4 aliphatic carbocycles. The number of carbonyl (C=O) groups excluding carboxylic acids is 9. The van der Waals surface area contributed by atoms with E-state index in [0.717, 1.165) is 127 Å². The zero-order chi connectivity index (χ0) is 106. The number of aliphatic carboxylic acids is 1. The van der Waals surface area contributed by atoms with Crippen molar-refractivity contribution in [3.05, 3.63) is 185 Å². The second kappa shape index (κ2) is 62.0. The van der Waals surface area contributed by atoms with Crippen LogP contribution in [0.5, 0.6) is 23.0 Å². The monoisotopic (exact) mass is 2110 g/mol. The van der Waals surface area contributed by atoms with Crippen LogP contribution in [0.3, 0.4) is 0 Å².